The van der Waals surface area contributed by atoms with Gasteiger partial charge in [-0.15, -0.1) is 0 Å². The molecule has 1 aliphatic rings. The maximum atomic E-state index is 6.18. The smallest absolute Gasteiger partial charge is 0.242 e. The van der Waals surface area contributed by atoms with Gasteiger partial charge in [0, 0.05) is 0 Å². The summed E-state index contributed by atoms with van der Waals surface area (Å²) in [6, 6.07) is 5.32. The molecular weight excluding hydrogens is 335 g/mol. The molecule has 3 N–H and O–H groups in total. The van der Waals surface area contributed by atoms with E-state index in [-0.39, 0.29) is 6.10 Å². The van der Waals surface area contributed by atoms with E-state index in [0.717, 1.165) is 12.8 Å². The Balaban J connectivity index is 1.80. The highest BCUT2D eigenvalue weighted by atomic mass is 35.5. The number of anilines is 3. The van der Waals surface area contributed by atoms with Crippen LogP contribution >= 0.6 is 23.2 Å². The molecule has 23 heavy (non-hydrogen) atoms. The number of halogens is 2. The number of nitrogens with two attached hydrogens (primary N) is 1. The predicted octanol–water partition coefficient (Wildman–Crippen LogP) is 4.82. The van der Waals surface area contributed by atoms with E-state index in [1.807, 2.05) is 0 Å². The molecule has 0 saturated heterocycles. The summed E-state index contributed by atoms with van der Waals surface area (Å²) in [4.78, 5) is 8.33. The molecule has 1 aromatic carbocycles. The maximum Gasteiger partial charge on any atom is 0.242 e. The number of benzene rings is 1. The zero-order valence-corrected chi connectivity index (χ0v) is 14.1. The minimum Gasteiger partial charge on any atom is -0.473 e. The number of aromatic nitrogens is 2. The number of nitrogens with zero attached hydrogens (tertiary/aromatic N) is 2. The van der Waals surface area contributed by atoms with Crippen LogP contribution in [0.5, 0.6) is 5.88 Å². The molecular formula is C16H18Cl2N4O. The first-order valence-corrected chi connectivity index (χ1v) is 8.39. The van der Waals surface area contributed by atoms with E-state index >= 15 is 0 Å². The predicted molar refractivity (Wildman–Crippen MR) is 93.7 cm³/mol. The highest BCUT2D eigenvalue weighted by Gasteiger charge is 2.18. The Kier molecular flexibility index (Phi) is 5.08. The molecule has 122 valence electrons. The summed E-state index contributed by atoms with van der Waals surface area (Å²) in [7, 11) is 0. The van der Waals surface area contributed by atoms with Crippen molar-refractivity contribution in [3.8, 4) is 5.88 Å². The van der Waals surface area contributed by atoms with Gasteiger partial charge in [0.05, 0.1) is 15.7 Å². The monoisotopic (exact) mass is 352 g/mol. The second kappa shape index (κ2) is 7.23. The lowest BCUT2D eigenvalue weighted by Crippen LogP contribution is -2.21. The van der Waals surface area contributed by atoms with Crippen LogP contribution in [-0.2, 0) is 0 Å². The molecule has 1 aliphatic carbocycles. The SMILES string of the molecule is Nc1c(Nc2cccc(Cl)c2Cl)ncnc1OC1CCCCC1. The fourth-order valence-electron chi connectivity index (χ4n) is 2.64. The topological polar surface area (TPSA) is 73.1 Å². The number of nitrogens with one attached hydrogen (secondary N) is 1. The van der Waals surface area contributed by atoms with Gasteiger partial charge in [0.1, 0.15) is 18.1 Å². The summed E-state index contributed by atoms with van der Waals surface area (Å²) >= 11 is 12.2. The molecule has 7 heteroatoms. The Morgan fingerprint density at radius 2 is 1.91 bits per heavy atom. The van der Waals surface area contributed by atoms with Gasteiger partial charge < -0.3 is 15.8 Å². The minimum atomic E-state index is 0.170. The van der Waals surface area contributed by atoms with Crippen molar-refractivity contribution >= 4 is 40.4 Å². The van der Waals surface area contributed by atoms with E-state index in [4.69, 9.17) is 33.7 Å². The van der Waals surface area contributed by atoms with Crippen molar-refractivity contribution in [3.63, 3.8) is 0 Å². The van der Waals surface area contributed by atoms with Crippen LogP contribution in [0.1, 0.15) is 32.1 Å². The molecule has 2 aromatic rings. The third-order valence-corrected chi connectivity index (χ3v) is 4.70. The number of rotatable bonds is 4. The molecule has 1 aromatic heterocycles. The first kappa shape index (κ1) is 16.1. The second-order valence-electron chi connectivity index (χ2n) is 5.55. The van der Waals surface area contributed by atoms with Gasteiger partial charge >= 0.3 is 0 Å². The van der Waals surface area contributed by atoms with Crippen LogP contribution in [0.15, 0.2) is 24.5 Å². The quantitative estimate of drug-likeness (QED) is 0.824. The average molecular weight is 353 g/mol. The molecule has 1 saturated carbocycles. The maximum absolute atomic E-state index is 6.18. The third kappa shape index (κ3) is 3.79. The van der Waals surface area contributed by atoms with Gasteiger partial charge in [0.15, 0.2) is 5.82 Å². The highest BCUT2D eigenvalue weighted by molar-refractivity contribution is 6.43. The molecule has 0 unspecified atom stereocenters. The molecule has 1 heterocycles. The van der Waals surface area contributed by atoms with Crippen molar-refractivity contribution < 1.29 is 4.74 Å². The first-order valence-electron chi connectivity index (χ1n) is 7.63. The van der Waals surface area contributed by atoms with Crippen molar-refractivity contribution in [3.05, 3.63) is 34.6 Å². The molecule has 1 fully saturated rings. The summed E-state index contributed by atoms with van der Waals surface area (Å²) in [6.45, 7) is 0. The van der Waals surface area contributed by atoms with Crippen molar-refractivity contribution in [1.29, 1.82) is 0 Å². The van der Waals surface area contributed by atoms with E-state index < -0.39 is 0 Å². The Labute approximate surface area is 145 Å². The fraction of sp³-hybridized carbons (Fsp3) is 0.375. The largest absolute Gasteiger partial charge is 0.473 e. The molecule has 0 amide bonds. The molecule has 0 spiro atoms. The Bertz CT molecular complexity index is 690. The minimum absolute atomic E-state index is 0.170. The zero-order valence-electron chi connectivity index (χ0n) is 12.6. The third-order valence-electron chi connectivity index (χ3n) is 3.88. The van der Waals surface area contributed by atoms with Crippen LogP contribution in [0, 0.1) is 0 Å². The zero-order chi connectivity index (χ0) is 16.2. The van der Waals surface area contributed by atoms with Crippen molar-refractivity contribution in [2.24, 2.45) is 0 Å². The van der Waals surface area contributed by atoms with Gasteiger partial charge in [-0.3, -0.25) is 0 Å². The lowest BCUT2D eigenvalue weighted by molar-refractivity contribution is 0.149. The van der Waals surface area contributed by atoms with Crippen molar-refractivity contribution in [2.75, 3.05) is 11.1 Å². The lowest BCUT2D eigenvalue weighted by atomic mass is 9.98. The Morgan fingerprint density at radius 1 is 1.13 bits per heavy atom. The van der Waals surface area contributed by atoms with Crippen LogP contribution in [0.4, 0.5) is 17.2 Å². The molecule has 0 atom stereocenters. The molecule has 0 aliphatic heterocycles. The molecule has 0 bridgehead atoms. The van der Waals surface area contributed by atoms with Gasteiger partial charge in [0.2, 0.25) is 5.88 Å². The standard InChI is InChI=1S/C16H18Cl2N4O/c17-11-7-4-8-12(13(11)18)22-15-14(19)16(21-9-20-15)23-10-5-2-1-3-6-10/h4,7-10H,1-3,5-6,19H2,(H,20,21,22). The van der Waals surface area contributed by atoms with E-state index in [1.54, 1.807) is 18.2 Å². The Hall–Kier alpha value is -1.72. The normalized spacial score (nSPS) is 15.4. The average Bonchev–Trinajstić information content (AvgIpc) is 2.56. The Morgan fingerprint density at radius 3 is 2.70 bits per heavy atom. The number of hydrogen-bond donors (Lipinski definition) is 2. The van der Waals surface area contributed by atoms with Gasteiger partial charge in [-0.25, -0.2) is 4.98 Å². The van der Waals surface area contributed by atoms with E-state index in [2.05, 4.69) is 15.3 Å². The molecule has 5 nitrogen and oxygen atoms in total. The summed E-state index contributed by atoms with van der Waals surface area (Å²) in [6.07, 6.45) is 7.29. The first-order chi connectivity index (χ1) is 11.1. The van der Waals surface area contributed by atoms with Crippen LogP contribution in [0.2, 0.25) is 10.0 Å². The van der Waals surface area contributed by atoms with Gasteiger partial charge in [-0.1, -0.05) is 35.7 Å². The van der Waals surface area contributed by atoms with Crippen LogP contribution in [-0.4, -0.2) is 16.1 Å². The molecule has 0 radical (unpaired) electrons. The van der Waals surface area contributed by atoms with Crippen molar-refractivity contribution in [1.82, 2.24) is 9.97 Å². The van der Waals surface area contributed by atoms with Gasteiger partial charge in [0.25, 0.3) is 0 Å². The molecule has 3 rings (SSSR count). The number of ether oxygens (including phenoxy) is 1. The van der Waals surface area contributed by atoms with Crippen LogP contribution < -0.4 is 15.8 Å². The summed E-state index contributed by atoms with van der Waals surface area (Å²) in [5, 5.41) is 3.97. The summed E-state index contributed by atoms with van der Waals surface area (Å²) in [5.41, 5.74) is 7.15. The van der Waals surface area contributed by atoms with Crippen LogP contribution in [0.25, 0.3) is 0 Å². The van der Waals surface area contributed by atoms with E-state index in [1.165, 1.54) is 25.6 Å². The lowest BCUT2D eigenvalue weighted by Gasteiger charge is -2.23. The summed E-state index contributed by atoms with van der Waals surface area (Å²) in [5.74, 6) is 0.863. The van der Waals surface area contributed by atoms with Gasteiger partial charge in [-0.2, -0.15) is 4.98 Å². The number of nitrogen functional groups attached to an aromatic ring is 1. The van der Waals surface area contributed by atoms with E-state index in [9.17, 15) is 0 Å². The van der Waals surface area contributed by atoms with Crippen molar-refractivity contribution in [2.45, 2.75) is 38.2 Å². The van der Waals surface area contributed by atoms with Crippen LogP contribution in [0.3, 0.4) is 0 Å². The second-order valence-corrected chi connectivity index (χ2v) is 6.33. The summed E-state index contributed by atoms with van der Waals surface area (Å²) < 4.78 is 5.94. The fourth-order valence-corrected chi connectivity index (χ4v) is 2.99. The van der Waals surface area contributed by atoms with Gasteiger partial charge in [-0.05, 0) is 37.8 Å². The number of hydrogen-bond acceptors (Lipinski definition) is 5. The highest BCUT2D eigenvalue weighted by Crippen LogP contribution is 2.35. The van der Waals surface area contributed by atoms with E-state index in [0.29, 0.717) is 33.1 Å².